The molecule has 0 saturated carbocycles. The van der Waals surface area contributed by atoms with E-state index < -0.39 is 0 Å². The molecule has 82 valence electrons. The maximum Gasteiger partial charge on any atom is 0.214 e. The second kappa shape index (κ2) is 4.18. The van der Waals surface area contributed by atoms with Crippen molar-refractivity contribution in [3.63, 3.8) is 0 Å². The minimum atomic E-state index is 0.516. The van der Waals surface area contributed by atoms with E-state index in [4.69, 9.17) is 0 Å². The Morgan fingerprint density at radius 3 is 2.80 bits per heavy atom. The molecule has 0 bridgehead atoms. The average Bonchev–Trinajstić information content (AvgIpc) is 2.70. The summed E-state index contributed by atoms with van der Waals surface area (Å²) in [6, 6.07) is 0.516. The molecule has 2 aromatic heterocycles. The standard InChI is InChI=1S/C10H16N4S/c1-4-8(5-2)12-9-13-14-6-7(3)11-10(14)15-9/h6,8H,4-5H2,1-3H3,(H,12,13). The molecule has 0 spiro atoms. The van der Waals surface area contributed by atoms with E-state index in [1.165, 1.54) is 0 Å². The normalized spacial score (nSPS) is 11.5. The zero-order chi connectivity index (χ0) is 10.8. The molecule has 2 rings (SSSR count). The number of nitrogens with one attached hydrogen (secondary N) is 1. The second-order valence-corrected chi connectivity index (χ2v) is 4.63. The number of anilines is 1. The van der Waals surface area contributed by atoms with Crippen LogP contribution in [-0.2, 0) is 0 Å². The van der Waals surface area contributed by atoms with Gasteiger partial charge in [0.25, 0.3) is 0 Å². The smallest absolute Gasteiger partial charge is 0.214 e. The van der Waals surface area contributed by atoms with Gasteiger partial charge in [-0.15, -0.1) is 5.10 Å². The Morgan fingerprint density at radius 1 is 1.47 bits per heavy atom. The number of fused-ring (bicyclic) bond motifs is 1. The Balaban J connectivity index is 2.18. The minimum Gasteiger partial charge on any atom is -0.357 e. The van der Waals surface area contributed by atoms with Crippen LogP contribution in [0.15, 0.2) is 6.20 Å². The van der Waals surface area contributed by atoms with Crippen molar-refractivity contribution in [2.45, 2.75) is 39.7 Å². The molecule has 0 radical (unpaired) electrons. The summed E-state index contributed by atoms with van der Waals surface area (Å²) in [5.41, 5.74) is 1.02. The van der Waals surface area contributed by atoms with Gasteiger partial charge in [0.05, 0.1) is 11.9 Å². The molecule has 4 nitrogen and oxygen atoms in total. The summed E-state index contributed by atoms with van der Waals surface area (Å²) in [4.78, 5) is 5.33. The van der Waals surface area contributed by atoms with E-state index in [1.54, 1.807) is 11.3 Å². The van der Waals surface area contributed by atoms with E-state index in [2.05, 4.69) is 29.2 Å². The number of aromatic nitrogens is 3. The van der Waals surface area contributed by atoms with Gasteiger partial charge in [0.2, 0.25) is 10.1 Å². The van der Waals surface area contributed by atoms with Crippen molar-refractivity contribution in [1.82, 2.24) is 14.6 Å². The number of hydrogen-bond acceptors (Lipinski definition) is 4. The lowest BCUT2D eigenvalue weighted by Gasteiger charge is -2.12. The lowest BCUT2D eigenvalue weighted by molar-refractivity contribution is 0.668. The van der Waals surface area contributed by atoms with Crippen LogP contribution in [0, 0.1) is 6.92 Å². The van der Waals surface area contributed by atoms with Gasteiger partial charge in [-0.2, -0.15) is 0 Å². The molecule has 0 atom stereocenters. The van der Waals surface area contributed by atoms with Gasteiger partial charge in [-0.1, -0.05) is 25.2 Å². The van der Waals surface area contributed by atoms with Crippen LogP contribution in [0.2, 0.25) is 0 Å². The maximum atomic E-state index is 4.43. The molecule has 1 N–H and O–H groups in total. The van der Waals surface area contributed by atoms with Crippen molar-refractivity contribution in [1.29, 1.82) is 0 Å². The van der Waals surface area contributed by atoms with Crippen LogP contribution >= 0.6 is 11.3 Å². The van der Waals surface area contributed by atoms with Gasteiger partial charge in [-0.3, -0.25) is 0 Å². The molecule has 0 saturated heterocycles. The largest absolute Gasteiger partial charge is 0.357 e. The van der Waals surface area contributed by atoms with E-state index in [0.717, 1.165) is 28.6 Å². The Morgan fingerprint density at radius 2 is 2.20 bits per heavy atom. The van der Waals surface area contributed by atoms with Crippen molar-refractivity contribution >= 4 is 21.4 Å². The molecule has 0 aliphatic heterocycles. The first-order chi connectivity index (χ1) is 7.22. The van der Waals surface area contributed by atoms with E-state index in [9.17, 15) is 0 Å². The maximum absolute atomic E-state index is 4.43. The average molecular weight is 224 g/mol. The Bertz CT molecular complexity index is 410. The topological polar surface area (TPSA) is 42.2 Å². The number of hydrogen-bond donors (Lipinski definition) is 1. The summed E-state index contributed by atoms with van der Waals surface area (Å²) >= 11 is 1.61. The third-order valence-electron chi connectivity index (χ3n) is 2.48. The summed E-state index contributed by atoms with van der Waals surface area (Å²) < 4.78 is 1.84. The fourth-order valence-electron chi connectivity index (χ4n) is 1.53. The molecular weight excluding hydrogens is 208 g/mol. The number of rotatable bonds is 4. The number of imidazole rings is 1. The highest BCUT2D eigenvalue weighted by Crippen LogP contribution is 2.20. The van der Waals surface area contributed by atoms with Crippen molar-refractivity contribution in [3.05, 3.63) is 11.9 Å². The first-order valence-corrected chi connectivity index (χ1v) is 6.14. The zero-order valence-corrected chi connectivity index (χ0v) is 10.1. The highest BCUT2D eigenvalue weighted by Gasteiger charge is 2.09. The Hall–Kier alpha value is -1.10. The predicted molar refractivity (Wildman–Crippen MR) is 63.6 cm³/mol. The van der Waals surface area contributed by atoms with Gasteiger partial charge >= 0.3 is 0 Å². The Kier molecular flexibility index (Phi) is 2.90. The van der Waals surface area contributed by atoms with E-state index in [1.807, 2.05) is 17.6 Å². The summed E-state index contributed by atoms with van der Waals surface area (Å²) in [7, 11) is 0. The molecule has 15 heavy (non-hydrogen) atoms. The molecule has 0 amide bonds. The van der Waals surface area contributed by atoms with Crippen LogP contribution in [0.5, 0.6) is 0 Å². The van der Waals surface area contributed by atoms with Crippen molar-refractivity contribution < 1.29 is 0 Å². The van der Waals surface area contributed by atoms with Gasteiger partial charge in [-0.05, 0) is 19.8 Å². The highest BCUT2D eigenvalue weighted by molar-refractivity contribution is 7.20. The van der Waals surface area contributed by atoms with Gasteiger partial charge in [-0.25, -0.2) is 9.50 Å². The van der Waals surface area contributed by atoms with Gasteiger partial charge in [0, 0.05) is 6.04 Å². The third-order valence-corrected chi connectivity index (χ3v) is 3.33. The minimum absolute atomic E-state index is 0.516. The van der Waals surface area contributed by atoms with Gasteiger partial charge in [0.1, 0.15) is 0 Å². The predicted octanol–water partition coefficient (Wildman–Crippen LogP) is 2.70. The summed E-state index contributed by atoms with van der Waals surface area (Å²) in [5.74, 6) is 0. The quantitative estimate of drug-likeness (QED) is 0.868. The molecule has 0 aliphatic carbocycles. The first kappa shape index (κ1) is 10.4. The lowest BCUT2D eigenvalue weighted by Crippen LogP contribution is -2.16. The lowest BCUT2D eigenvalue weighted by atomic mass is 10.2. The zero-order valence-electron chi connectivity index (χ0n) is 9.32. The fraction of sp³-hybridized carbons (Fsp3) is 0.600. The van der Waals surface area contributed by atoms with Crippen molar-refractivity contribution in [2.24, 2.45) is 0 Å². The molecular formula is C10H16N4S. The van der Waals surface area contributed by atoms with Crippen LogP contribution in [0.25, 0.3) is 4.96 Å². The Labute approximate surface area is 93.3 Å². The molecule has 5 heteroatoms. The van der Waals surface area contributed by atoms with Crippen LogP contribution in [0.3, 0.4) is 0 Å². The van der Waals surface area contributed by atoms with Crippen molar-refractivity contribution in [2.75, 3.05) is 5.32 Å². The van der Waals surface area contributed by atoms with Crippen LogP contribution < -0.4 is 5.32 Å². The first-order valence-electron chi connectivity index (χ1n) is 5.32. The SMILES string of the molecule is CCC(CC)Nc1nn2cc(C)nc2s1. The number of nitrogens with zero attached hydrogens (tertiary/aromatic N) is 3. The molecule has 0 aliphatic rings. The van der Waals surface area contributed by atoms with Crippen LogP contribution in [0.1, 0.15) is 32.4 Å². The molecule has 2 aromatic rings. The molecule has 0 unspecified atom stereocenters. The highest BCUT2D eigenvalue weighted by atomic mass is 32.1. The molecule has 2 heterocycles. The van der Waals surface area contributed by atoms with Crippen molar-refractivity contribution in [3.8, 4) is 0 Å². The van der Waals surface area contributed by atoms with Gasteiger partial charge < -0.3 is 5.32 Å². The van der Waals surface area contributed by atoms with E-state index >= 15 is 0 Å². The number of aryl methyl sites for hydroxylation is 1. The monoisotopic (exact) mass is 224 g/mol. The third kappa shape index (κ3) is 2.12. The summed E-state index contributed by atoms with van der Waals surface area (Å²) in [6.07, 6.45) is 4.19. The van der Waals surface area contributed by atoms with Gasteiger partial charge in [0.15, 0.2) is 0 Å². The van der Waals surface area contributed by atoms with Crippen LogP contribution in [-0.4, -0.2) is 20.6 Å². The fourth-order valence-corrected chi connectivity index (χ4v) is 2.44. The van der Waals surface area contributed by atoms with E-state index in [0.29, 0.717) is 6.04 Å². The van der Waals surface area contributed by atoms with Crippen LogP contribution in [0.4, 0.5) is 5.13 Å². The summed E-state index contributed by atoms with van der Waals surface area (Å²) in [5, 5.41) is 8.81. The summed E-state index contributed by atoms with van der Waals surface area (Å²) in [6.45, 7) is 6.35. The molecule has 0 aromatic carbocycles. The van der Waals surface area contributed by atoms with E-state index in [-0.39, 0.29) is 0 Å². The second-order valence-electron chi connectivity index (χ2n) is 3.67. The molecule has 0 fully saturated rings.